The number of nitrogens with one attached hydrogen (secondary N) is 1. The lowest BCUT2D eigenvalue weighted by atomic mass is 9.88. The molecule has 2 heterocycles. The maximum absolute atomic E-state index is 5.48. The van der Waals surface area contributed by atoms with Gasteiger partial charge in [0.1, 0.15) is 0 Å². The molecule has 1 N–H and O–H groups in total. The van der Waals surface area contributed by atoms with Gasteiger partial charge >= 0.3 is 0 Å². The molecule has 0 atom stereocenters. The number of imidazole rings is 1. The molecule has 0 bridgehead atoms. The topological polar surface area (TPSA) is 33.6 Å². The van der Waals surface area contributed by atoms with E-state index in [1.54, 1.807) is 0 Å². The van der Waals surface area contributed by atoms with E-state index in [0.29, 0.717) is 4.75 Å². The van der Waals surface area contributed by atoms with Gasteiger partial charge in [-0.25, -0.2) is 4.98 Å². The second kappa shape index (κ2) is 5.29. The van der Waals surface area contributed by atoms with Crippen molar-refractivity contribution in [3.05, 3.63) is 23.1 Å². The fourth-order valence-corrected chi connectivity index (χ4v) is 4.26. The van der Waals surface area contributed by atoms with E-state index in [4.69, 9.17) is 12.2 Å². The van der Waals surface area contributed by atoms with Crippen molar-refractivity contribution >= 4 is 35.1 Å². The largest absolute Gasteiger partial charge is 0.329 e. The van der Waals surface area contributed by atoms with E-state index in [0.717, 1.165) is 22.5 Å². The van der Waals surface area contributed by atoms with Crippen LogP contribution in [0, 0.1) is 4.77 Å². The van der Waals surface area contributed by atoms with Crippen LogP contribution in [0.1, 0.15) is 32.1 Å². The highest BCUT2D eigenvalue weighted by Gasteiger charge is 2.32. The second-order valence-corrected chi connectivity index (χ2v) is 7.00. The number of hydrogen-bond acceptors (Lipinski definition) is 3. The third-order valence-corrected chi connectivity index (χ3v) is 5.90. The molecule has 0 spiro atoms. The molecule has 0 saturated heterocycles. The van der Waals surface area contributed by atoms with Crippen LogP contribution in [0.25, 0.3) is 11.2 Å². The molecule has 0 radical (unpaired) electrons. The van der Waals surface area contributed by atoms with Crippen LogP contribution in [0.4, 0.5) is 0 Å². The van der Waals surface area contributed by atoms with Crippen LogP contribution in [-0.2, 0) is 6.54 Å². The van der Waals surface area contributed by atoms with Gasteiger partial charge in [0.2, 0.25) is 0 Å². The van der Waals surface area contributed by atoms with Gasteiger partial charge in [0.05, 0.1) is 5.52 Å². The molecule has 5 heteroatoms. The predicted octanol–water partition coefficient (Wildman–Crippen LogP) is 4.16. The second-order valence-electron chi connectivity index (χ2n) is 5.34. The van der Waals surface area contributed by atoms with Crippen molar-refractivity contribution in [2.45, 2.75) is 43.4 Å². The van der Waals surface area contributed by atoms with Crippen LogP contribution >= 0.6 is 24.0 Å². The number of H-pyrrole nitrogens is 1. The zero-order valence-electron chi connectivity index (χ0n) is 11.2. The first-order chi connectivity index (χ1) is 9.24. The minimum atomic E-state index is 0.336. The number of rotatable bonds is 3. The molecule has 0 unspecified atom stereocenters. The average molecular weight is 293 g/mol. The SMILES string of the molecule is CSC1(Cn2c(=S)[nH]c3cccnc32)CCCCC1. The summed E-state index contributed by atoms with van der Waals surface area (Å²) in [6.07, 6.45) is 10.7. The minimum absolute atomic E-state index is 0.336. The van der Waals surface area contributed by atoms with Crippen molar-refractivity contribution in [2.24, 2.45) is 0 Å². The summed E-state index contributed by atoms with van der Waals surface area (Å²) in [7, 11) is 0. The summed E-state index contributed by atoms with van der Waals surface area (Å²) in [6.45, 7) is 0.976. The molecular formula is C14H19N3S2. The monoisotopic (exact) mass is 293 g/mol. The van der Waals surface area contributed by atoms with Gasteiger partial charge in [-0.05, 0) is 43.4 Å². The Balaban J connectivity index is 2.00. The number of nitrogens with zero attached hydrogens (tertiary/aromatic N) is 2. The number of aromatic nitrogens is 3. The summed E-state index contributed by atoms with van der Waals surface area (Å²) in [5.41, 5.74) is 2.03. The standard InChI is InChI=1S/C14H19N3S2/c1-19-14(7-3-2-4-8-14)10-17-12-11(16-13(17)18)6-5-9-15-12/h5-6,9H,2-4,7-8,10H2,1H3,(H,16,18). The molecule has 2 aromatic heterocycles. The van der Waals surface area contributed by atoms with E-state index in [1.807, 2.05) is 30.1 Å². The van der Waals surface area contributed by atoms with Crippen LogP contribution in [0.3, 0.4) is 0 Å². The molecule has 0 amide bonds. The Kier molecular flexibility index (Phi) is 3.67. The van der Waals surface area contributed by atoms with Gasteiger partial charge in [0.15, 0.2) is 10.4 Å². The number of thioether (sulfide) groups is 1. The van der Waals surface area contributed by atoms with Gasteiger partial charge in [-0.1, -0.05) is 19.3 Å². The van der Waals surface area contributed by atoms with Crippen LogP contribution in [-0.4, -0.2) is 25.5 Å². The van der Waals surface area contributed by atoms with E-state index in [9.17, 15) is 0 Å². The van der Waals surface area contributed by atoms with Gasteiger partial charge in [0, 0.05) is 17.5 Å². The summed E-state index contributed by atoms with van der Waals surface area (Å²) in [5.74, 6) is 0. The van der Waals surface area contributed by atoms with E-state index >= 15 is 0 Å². The number of hydrogen-bond donors (Lipinski definition) is 1. The Morgan fingerprint density at radius 2 is 2.21 bits per heavy atom. The Bertz CT molecular complexity index is 623. The molecule has 1 fully saturated rings. The van der Waals surface area contributed by atoms with Gasteiger partial charge in [-0.3, -0.25) is 0 Å². The Morgan fingerprint density at radius 3 is 2.95 bits per heavy atom. The summed E-state index contributed by atoms with van der Waals surface area (Å²) >= 11 is 7.48. The molecule has 3 rings (SSSR count). The van der Waals surface area contributed by atoms with Gasteiger partial charge in [-0.15, -0.1) is 0 Å². The lowest BCUT2D eigenvalue weighted by Gasteiger charge is -2.36. The van der Waals surface area contributed by atoms with Crippen LogP contribution < -0.4 is 0 Å². The fraction of sp³-hybridized carbons (Fsp3) is 0.571. The Morgan fingerprint density at radius 1 is 1.42 bits per heavy atom. The molecular weight excluding hydrogens is 274 g/mol. The number of aromatic amines is 1. The van der Waals surface area contributed by atoms with Crippen molar-refractivity contribution in [1.82, 2.24) is 14.5 Å². The highest BCUT2D eigenvalue weighted by atomic mass is 32.2. The minimum Gasteiger partial charge on any atom is -0.329 e. The first-order valence-corrected chi connectivity index (χ1v) is 8.46. The lowest BCUT2D eigenvalue weighted by Crippen LogP contribution is -2.33. The van der Waals surface area contributed by atoms with Crippen molar-refractivity contribution in [3.8, 4) is 0 Å². The molecule has 102 valence electrons. The zero-order chi connectivity index (χ0) is 13.3. The molecule has 0 aromatic carbocycles. The van der Waals surface area contributed by atoms with Gasteiger partial charge < -0.3 is 9.55 Å². The maximum Gasteiger partial charge on any atom is 0.179 e. The summed E-state index contributed by atoms with van der Waals surface area (Å²) in [4.78, 5) is 7.75. The summed E-state index contributed by atoms with van der Waals surface area (Å²) < 4.78 is 3.32. The maximum atomic E-state index is 5.48. The number of fused-ring (bicyclic) bond motifs is 1. The van der Waals surface area contributed by atoms with Gasteiger partial charge in [-0.2, -0.15) is 11.8 Å². The molecule has 3 nitrogen and oxygen atoms in total. The third kappa shape index (κ3) is 2.46. The molecule has 2 aromatic rings. The first kappa shape index (κ1) is 13.2. The Labute approximate surface area is 122 Å². The predicted molar refractivity (Wildman–Crippen MR) is 84.2 cm³/mol. The average Bonchev–Trinajstić information content (AvgIpc) is 2.76. The third-order valence-electron chi connectivity index (χ3n) is 4.17. The zero-order valence-corrected chi connectivity index (χ0v) is 12.8. The molecule has 19 heavy (non-hydrogen) atoms. The van der Waals surface area contributed by atoms with Crippen molar-refractivity contribution in [3.63, 3.8) is 0 Å². The van der Waals surface area contributed by atoms with Crippen LogP contribution in [0.5, 0.6) is 0 Å². The molecule has 1 aliphatic rings. The van der Waals surface area contributed by atoms with E-state index in [1.165, 1.54) is 32.1 Å². The smallest absolute Gasteiger partial charge is 0.179 e. The lowest BCUT2D eigenvalue weighted by molar-refractivity contribution is 0.360. The molecule has 0 aliphatic heterocycles. The molecule has 1 aliphatic carbocycles. The van der Waals surface area contributed by atoms with Crippen molar-refractivity contribution < 1.29 is 0 Å². The summed E-state index contributed by atoms with van der Waals surface area (Å²) in [6, 6.07) is 3.99. The van der Waals surface area contributed by atoms with E-state index in [-0.39, 0.29) is 0 Å². The highest BCUT2D eigenvalue weighted by Crippen LogP contribution is 2.40. The first-order valence-electron chi connectivity index (χ1n) is 6.83. The van der Waals surface area contributed by atoms with E-state index in [2.05, 4.69) is 20.8 Å². The van der Waals surface area contributed by atoms with Crippen molar-refractivity contribution in [1.29, 1.82) is 0 Å². The fourth-order valence-electron chi connectivity index (χ4n) is 3.05. The van der Waals surface area contributed by atoms with Crippen LogP contribution in [0.15, 0.2) is 18.3 Å². The van der Waals surface area contributed by atoms with Crippen molar-refractivity contribution in [2.75, 3.05) is 6.26 Å². The van der Waals surface area contributed by atoms with E-state index < -0.39 is 0 Å². The molecule has 1 saturated carbocycles. The Hall–Kier alpha value is -0.810. The van der Waals surface area contributed by atoms with Gasteiger partial charge in [0.25, 0.3) is 0 Å². The quantitative estimate of drug-likeness (QED) is 0.863. The highest BCUT2D eigenvalue weighted by molar-refractivity contribution is 8.00. The number of pyridine rings is 1. The summed E-state index contributed by atoms with van der Waals surface area (Å²) in [5, 5.41) is 0. The normalized spacial score (nSPS) is 18.8. The van der Waals surface area contributed by atoms with Crippen LogP contribution in [0.2, 0.25) is 0 Å².